The molecule has 1 saturated carbocycles. The molecule has 1 aromatic heterocycles. The number of rotatable bonds is 4. The number of methoxy groups -OCH3 is 1. The van der Waals surface area contributed by atoms with Gasteiger partial charge in [0.1, 0.15) is 11.6 Å². The fourth-order valence-corrected chi connectivity index (χ4v) is 2.69. The molecule has 20 heavy (non-hydrogen) atoms. The molecule has 0 aliphatic heterocycles. The zero-order valence-electron chi connectivity index (χ0n) is 11.3. The van der Waals surface area contributed by atoms with Crippen LogP contribution in [-0.4, -0.2) is 18.1 Å². The molecule has 3 nitrogen and oxygen atoms in total. The largest absolute Gasteiger partial charge is 0.496 e. The first-order valence-corrected chi connectivity index (χ1v) is 6.78. The molecule has 3 rings (SSSR count). The Morgan fingerprint density at radius 3 is 2.70 bits per heavy atom. The summed E-state index contributed by atoms with van der Waals surface area (Å²) in [6.07, 6.45) is 2.02. The van der Waals surface area contributed by atoms with Crippen molar-refractivity contribution in [2.45, 2.75) is 24.8 Å². The predicted molar refractivity (Wildman–Crippen MR) is 76.6 cm³/mol. The van der Waals surface area contributed by atoms with Crippen LogP contribution in [0.5, 0.6) is 5.75 Å². The highest BCUT2D eigenvalue weighted by molar-refractivity contribution is 5.41. The monoisotopic (exact) mass is 272 g/mol. The van der Waals surface area contributed by atoms with E-state index in [0.717, 1.165) is 18.6 Å². The second-order valence-corrected chi connectivity index (χ2v) is 5.10. The van der Waals surface area contributed by atoms with E-state index in [9.17, 15) is 4.39 Å². The Bertz CT molecular complexity index is 597. The normalized spacial score (nSPS) is 21.1. The number of halogens is 1. The number of pyridine rings is 1. The molecule has 0 unspecified atom stereocenters. The molecule has 1 heterocycles. The quantitative estimate of drug-likeness (QED) is 0.864. The van der Waals surface area contributed by atoms with Crippen molar-refractivity contribution in [3.05, 3.63) is 54.0 Å². The lowest BCUT2D eigenvalue weighted by Gasteiger charge is -2.37. The first kappa shape index (κ1) is 12.9. The van der Waals surface area contributed by atoms with Crippen LogP contribution < -0.4 is 10.1 Å². The number of nitrogens with zero attached hydrogens (tertiary/aromatic N) is 1. The van der Waals surface area contributed by atoms with E-state index in [-0.39, 0.29) is 0 Å². The molecule has 1 aliphatic carbocycles. The average molecular weight is 272 g/mol. The van der Waals surface area contributed by atoms with E-state index in [0.29, 0.717) is 17.8 Å². The molecule has 0 amide bonds. The molecule has 0 atom stereocenters. The van der Waals surface area contributed by atoms with Crippen LogP contribution in [0.3, 0.4) is 0 Å². The molecule has 2 aromatic rings. The fraction of sp³-hybridized carbons (Fsp3) is 0.312. The summed E-state index contributed by atoms with van der Waals surface area (Å²) < 4.78 is 18.4. The van der Waals surface area contributed by atoms with E-state index in [1.165, 1.54) is 11.6 Å². The molecule has 0 radical (unpaired) electrons. The van der Waals surface area contributed by atoms with Crippen LogP contribution in [0.2, 0.25) is 0 Å². The van der Waals surface area contributed by atoms with E-state index >= 15 is 0 Å². The number of hydrogen-bond donors (Lipinski definition) is 1. The molecular formula is C16H17FN2O. The summed E-state index contributed by atoms with van der Waals surface area (Å²) in [4.78, 5) is 3.82. The van der Waals surface area contributed by atoms with Crippen molar-refractivity contribution in [1.29, 1.82) is 0 Å². The number of ether oxygens (including phenoxy) is 1. The van der Waals surface area contributed by atoms with Crippen molar-refractivity contribution >= 4 is 5.82 Å². The van der Waals surface area contributed by atoms with Gasteiger partial charge in [-0.2, -0.15) is 4.39 Å². The van der Waals surface area contributed by atoms with E-state index in [1.54, 1.807) is 19.2 Å². The van der Waals surface area contributed by atoms with Gasteiger partial charge >= 0.3 is 0 Å². The number of nitrogens with one attached hydrogen (secondary N) is 1. The standard InChI is InChI=1S/C16H17FN2O/c1-20-14-6-3-2-5-13(14)11-9-12(10-11)18-16-8-4-7-15(17)19-16/h2-8,11-12H,9-10H2,1H3,(H,18,19). The van der Waals surface area contributed by atoms with Gasteiger partial charge in [-0.3, -0.25) is 0 Å². The summed E-state index contributed by atoms with van der Waals surface area (Å²) in [6.45, 7) is 0. The van der Waals surface area contributed by atoms with E-state index in [2.05, 4.69) is 16.4 Å². The Balaban J connectivity index is 1.61. The summed E-state index contributed by atoms with van der Waals surface area (Å²) in [7, 11) is 1.70. The number of para-hydroxylation sites is 1. The zero-order valence-corrected chi connectivity index (χ0v) is 11.3. The van der Waals surface area contributed by atoms with E-state index < -0.39 is 5.95 Å². The highest BCUT2D eigenvalue weighted by Gasteiger charge is 2.32. The van der Waals surface area contributed by atoms with Crippen LogP contribution in [0.15, 0.2) is 42.5 Å². The summed E-state index contributed by atoms with van der Waals surface area (Å²) >= 11 is 0. The summed E-state index contributed by atoms with van der Waals surface area (Å²) in [6, 6.07) is 13.3. The number of anilines is 1. The summed E-state index contributed by atoms with van der Waals surface area (Å²) in [5.41, 5.74) is 1.25. The van der Waals surface area contributed by atoms with Crippen molar-refractivity contribution < 1.29 is 9.13 Å². The maximum atomic E-state index is 13.0. The smallest absolute Gasteiger partial charge is 0.214 e. The van der Waals surface area contributed by atoms with Crippen LogP contribution in [-0.2, 0) is 0 Å². The van der Waals surface area contributed by atoms with Crippen molar-refractivity contribution in [2.75, 3.05) is 12.4 Å². The minimum absolute atomic E-state index is 0.346. The van der Waals surface area contributed by atoms with Gasteiger partial charge in [0.05, 0.1) is 7.11 Å². The molecule has 1 fully saturated rings. The minimum atomic E-state index is -0.449. The second kappa shape index (κ2) is 5.49. The summed E-state index contributed by atoms with van der Waals surface area (Å²) in [5, 5.41) is 3.26. The van der Waals surface area contributed by atoms with Gasteiger partial charge in [0.2, 0.25) is 5.95 Å². The number of hydrogen-bond acceptors (Lipinski definition) is 3. The molecule has 0 bridgehead atoms. The maximum Gasteiger partial charge on any atom is 0.214 e. The van der Waals surface area contributed by atoms with Crippen LogP contribution in [0.1, 0.15) is 24.3 Å². The van der Waals surface area contributed by atoms with Crippen molar-refractivity contribution in [1.82, 2.24) is 4.98 Å². The fourth-order valence-electron chi connectivity index (χ4n) is 2.69. The first-order valence-electron chi connectivity index (χ1n) is 6.78. The Morgan fingerprint density at radius 1 is 1.15 bits per heavy atom. The van der Waals surface area contributed by atoms with Crippen molar-refractivity contribution in [2.24, 2.45) is 0 Å². The highest BCUT2D eigenvalue weighted by atomic mass is 19.1. The Hall–Kier alpha value is -2.10. The van der Waals surface area contributed by atoms with Crippen molar-refractivity contribution in [3.63, 3.8) is 0 Å². The minimum Gasteiger partial charge on any atom is -0.496 e. The lowest BCUT2D eigenvalue weighted by molar-refractivity contribution is 0.349. The van der Waals surface area contributed by atoms with Gasteiger partial charge in [0.15, 0.2) is 0 Å². The Kier molecular flexibility index (Phi) is 3.54. The topological polar surface area (TPSA) is 34.1 Å². The van der Waals surface area contributed by atoms with Gasteiger partial charge in [0, 0.05) is 6.04 Å². The van der Waals surface area contributed by atoms with Gasteiger partial charge in [-0.05, 0) is 42.5 Å². The molecular weight excluding hydrogens is 255 g/mol. The van der Waals surface area contributed by atoms with E-state index in [1.807, 2.05) is 18.2 Å². The third-order valence-electron chi connectivity index (χ3n) is 3.78. The predicted octanol–water partition coefficient (Wildman–Crippen LogP) is 3.59. The van der Waals surface area contributed by atoms with Gasteiger partial charge in [0.25, 0.3) is 0 Å². The summed E-state index contributed by atoms with van der Waals surface area (Å²) in [5.74, 6) is 1.60. The maximum absolute atomic E-state index is 13.0. The van der Waals surface area contributed by atoms with Gasteiger partial charge < -0.3 is 10.1 Å². The van der Waals surface area contributed by atoms with Gasteiger partial charge in [-0.25, -0.2) is 4.98 Å². The Labute approximate surface area is 117 Å². The third kappa shape index (κ3) is 2.59. The zero-order chi connectivity index (χ0) is 13.9. The third-order valence-corrected chi connectivity index (χ3v) is 3.78. The average Bonchev–Trinajstić information content (AvgIpc) is 2.42. The first-order chi connectivity index (χ1) is 9.76. The van der Waals surface area contributed by atoms with E-state index in [4.69, 9.17) is 4.74 Å². The Morgan fingerprint density at radius 2 is 1.95 bits per heavy atom. The van der Waals surface area contributed by atoms with Crippen molar-refractivity contribution in [3.8, 4) is 5.75 Å². The van der Waals surface area contributed by atoms with Gasteiger partial charge in [-0.1, -0.05) is 24.3 Å². The van der Waals surface area contributed by atoms with Crippen LogP contribution in [0.25, 0.3) is 0 Å². The second-order valence-electron chi connectivity index (χ2n) is 5.10. The molecule has 4 heteroatoms. The molecule has 0 spiro atoms. The number of benzene rings is 1. The molecule has 1 aromatic carbocycles. The SMILES string of the molecule is COc1ccccc1C1CC(Nc2cccc(F)n2)C1. The van der Waals surface area contributed by atoms with Crippen LogP contribution in [0.4, 0.5) is 10.2 Å². The lowest BCUT2D eigenvalue weighted by atomic mass is 9.75. The molecule has 104 valence electrons. The van der Waals surface area contributed by atoms with Crippen LogP contribution in [0, 0.1) is 5.95 Å². The molecule has 0 saturated heterocycles. The molecule has 1 N–H and O–H groups in total. The lowest BCUT2D eigenvalue weighted by Crippen LogP contribution is -2.34. The highest BCUT2D eigenvalue weighted by Crippen LogP contribution is 2.41. The van der Waals surface area contributed by atoms with Crippen LogP contribution >= 0.6 is 0 Å². The number of aromatic nitrogens is 1. The van der Waals surface area contributed by atoms with Gasteiger partial charge in [-0.15, -0.1) is 0 Å². The molecule has 1 aliphatic rings.